The van der Waals surface area contributed by atoms with E-state index < -0.39 is 0 Å². The molecule has 0 unspecified atom stereocenters. The fourth-order valence-corrected chi connectivity index (χ4v) is 3.74. The van der Waals surface area contributed by atoms with Crippen LogP contribution in [0.3, 0.4) is 0 Å². The Labute approximate surface area is 153 Å². The second kappa shape index (κ2) is 6.06. The van der Waals surface area contributed by atoms with Gasteiger partial charge in [0, 0.05) is 18.4 Å². The molecule has 0 saturated heterocycles. The molecule has 0 aliphatic rings. The van der Waals surface area contributed by atoms with Crippen molar-refractivity contribution in [3.8, 4) is 0 Å². The predicted octanol–water partition coefficient (Wildman–Crippen LogP) is 2.39. The summed E-state index contributed by atoms with van der Waals surface area (Å²) in [5.74, 6) is -0.115. The van der Waals surface area contributed by atoms with Gasteiger partial charge in [0.1, 0.15) is 17.1 Å². The van der Waals surface area contributed by atoms with Crippen molar-refractivity contribution in [2.75, 3.05) is 11.9 Å². The molecule has 7 nitrogen and oxygen atoms in total. The average Bonchev–Trinajstić information content (AvgIpc) is 3.15. The van der Waals surface area contributed by atoms with Crippen LogP contribution in [0, 0.1) is 13.8 Å². The van der Waals surface area contributed by atoms with Crippen molar-refractivity contribution in [1.82, 2.24) is 19.2 Å². The third-order valence-electron chi connectivity index (χ3n) is 4.37. The number of aryl methyl sites for hydroxylation is 2. The lowest BCUT2D eigenvalue weighted by Gasteiger charge is -2.18. The Hall–Kier alpha value is -3.00. The number of nitrogens with zero attached hydrogens (tertiary/aromatic N) is 5. The highest BCUT2D eigenvalue weighted by Crippen LogP contribution is 2.19. The summed E-state index contributed by atoms with van der Waals surface area (Å²) in [6.07, 6.45) is 0. The molecule has 0 bridgehead atoms. The number of rotatable bonds is 3. The van der Waals surface area contributed by atoms with Crippen molar-refractivity contribution in [3.63, 3.8) is 0 Å². The van der Waals surface area contributed by atoms with Gasteiger partial charge in [-0.2, -0.15) is 9.61 Å². The van der Waals surface area contributed by atoms with E-state index in [9.17, 15) is 9.59 Å². The van der Waals surface area contributed by atoms with E-state index >= 15 is 0 Å². The van der Waals surface area contributed by atoms with Gasteiger partial charge in [-0.15, -0.1) is 0 Å². The summed E-state index contributed by atoms with van der Waals surface area (Å²) in [7, 11) is 1.73. The fourth-order valence-electron chi connectivity index (χ4n) is 2.99. The average molecular weight is 367 g/mol. The number of carbonyl (C=O) groups excluding carboxylic acids is 1. The number of likely N-dealkylation sites (N-methyl/N-ethyl adjacent to an activating group) is 1. The van der Waals surface area contributed by atoms with Crippen molar-refractivity contribution in [1.29, 1.82) is 0 Å². The maximum atomic E-state index is 12.9. The Balaban J connectivity index is 1.79. The summed E-state index contributed by atoms with van der Waals surface area (Å²) in [6.45, 7) is 3.77. The molecular formula is C18H17N5O2S. The molecule has 0 radical (unpaired) electrons. The summed E-state index contributed by atoms with van der Waals surface area (Å²) in [5.41, 5.74) is 2.36. The molecule has 1 amide bonds. The molecule has 4 rings (SSSR count). The van der Waals surface area contributed by atoms with Gasteiger partial charge < -0.3 is 9.47 Å². The van der Waals surface area contributed by atoms with E-state index in [1.807, 2.05) is 50.2 Å². The molecule has 3 aromatic heterocycles. The van der Waals surface area contributed by atoms with Crippen LogP contribution in [0.2, 0.25) is 0 Å². The van der Waals surface area contributed by atoms with Gasteiger partial charge in [-0.05, 0) is 32.0 Å². The second-order valence-electron chi connectivity index (χ2n) is 6.13. The molecule has 0 saturated carbocycles. The minimum absolute atomic E-state index is 0.0623. The molecule has 0 aliphatic carbocycles. The van der Waals surface area contributed by atoms with Gasteiger partial charge in [0.2, 0.25) is 10.9 Å². The van der Waals surface area contributed by atoms with E-state index in [0.29, 0.717) is 16.0 Å². The summed E-state index contributed by atoms with van der Waals surface area (Å²) >= 11 is 1.37. The Kier molecular flexibility index (Phi) is 3.84. The molecule has 132 valence electrons. The highest BCUT2D eigenvalue weighted by molar-refractivity contribution is 7.16. The minimum atomic E-state index is -0.252. The molecule has 8 heteroatoms. The summed E-state index contributed by atoms with van der Waals surface area (Å²) in [6, 6.07) is 11.2. The summed E-state index contributed by atoms with van der Waals surface area (Å²) in [4.78, 5) is 32.3. The fraction of sp³-hybridized carbons (Fsp3) is 0.222. The molecule has 0 fully saturated rings. The number of anilines is 1. The van der Waals surface area contributed by atoms with Gasteiger partial charge in [-0.25, -0.2) is 4.98 Å². The first-order valence-electron chi connectivity index (χ1n) is 8.13. The Morgan fingerprint density at radius 3 is 2.69 bits per heavy atom. The lowest BCUT2D eigenvalue weighted by molar-refractivity contribution is -0.118. The van der Waals surface area contributed by atoms with Crippen LogP contribution in [-0.4, -0.2) is 32.1 Å². The molecular weight excluding hydrogens is 350 g/mol. The van der Waals surface area contributed by atoms with Crippen LogP contribution in [0.25, 0.3) is 16.0 Å². The normalized spacial score (nSPS) is 11.3. The first-order chi connectivity index (χ1) is 12.5. The number of benzene rings is 1. The van der Waals surface area contributed by atoms with Crippen molar-refractivity contribution in [2.24, 2.45) is 0 Å². The number of hydrogen-bond acceptors (Lipinski definition) is 5. The standard InChI is InChI=1S/C18H17N5O2S/c1-11-9-14-16(17(25)23-18(19-14)26-12(2)20-23)22(11)10-15(24)21(3)13-7-5-4-6-8-13/h4-9H,10H2,1-3H3. The summed E-state index contributed by atoms with van der Waals surface area (Å²) < 4.78 is 3.03. The molecule has 0 aliphatic heterocycles. The van der Waals surface area contributed by atoms with Crippen molar-refractivity contribution in [2.45, 2.75) is 20.4 Å². The summed E-state index contributed by atoms with van der Waals surface area (Å²) in [5, 5.41) is 5.00. The Morgan fingerprint density at radius 1 is 1.23 bits per heavy atom. The lowest BCUT2D eigenvalue weighted by Crippen LogP contribution is -2.31. The SMILES string of the molecule is Cc1nn2c(=O)c3c(cc(C)n3CC(=O)N(C)c3ccccc3)nc2s1. The molecule has 4 aromatic rings. The zero-order valence-electron chi connectivity index (χ0n) is 14.6. The van der Waals surface area contributed by atoms with Crippen LogP contribution in [0.4, 0.5) is 5.69 Å². The van der Waals surface area contributed by atoms with Crippen LogP contribution in [0.1, 0.15) is 10.7 Å². The van der Waals surface area contributed by atoms with E-state index in [4.69, 9.17) is 0 Å². The minimum Gasteiger partial charge on any atom is -0.330 e. The number of fused-ring (bicyclic) bond motifs is 2. The second-order valence-corrected chi connectivity index (χ2v) is 7.29. The maximum absolute atomic E-state index is 12.9. The first kappa shape index (κ1) is 16.5. The zero-order chi connectivity index (χ0) is 18.4. The molecule has 3 heterocycles. The monoisotopic (exact) mass is 367 g/mol. The zero-order valence-corrected chi connectivity index (χ0v) is 15.4. The van der Waals surface area contributed by atoms with Gasteiger partial charge in [0.15, 0.2) is 0 Å². The van der Waals surface area contributed by atoms with Gasteiger partial charge >= 0.3 is 0 Å². The van der Waals surface area contributed by atoms with Crippen molar-refractivity contribution in [3.05, 3.63) is 57.5 Å². The highest BCUT2D eigenvalue weighted by Gasteiger charge is 2.19. The highest BCUT2D eigenvalue weighted by atomic mass is 32.1. The molecule has 26 heavy (non-hydrogen) atoms. The number of amides is 1. The Bertz CT molecular complexity index is 1190. The smallest absolute Gasteiger partial charge is 0.299 e. The largest absolute Gasteiger partial charge is 0.330 e. The number of aromatic nitrogens is 4. The van der Waals surface area contributed by atoms with Crippen LogP contribution in [0.15, 0.2) is 41.2 Å². The van der Waals surface area contributed by atoms with Crippen LogP contribution in [-0.2, 0) is 11.3 Å². The number of hydrogen-bond donors (Lipinski definition) is 0. The van der Waals surface area contributed by atoms with Crippen molar-refractivity contribution < 1.29 is 4.79 Å². The number of carbonyl (C=O) groups is 1. The van der Waals surface area contributed by atoms with E-state index in [-0.39, 0.29) is 18.0 Å². The first-order valence-corrected chi connectivity index (χ1v) is 8.95. The third kappa shape index (κ3) is 2.59. The van der Waals surface area contributed by atoms with Crippen LogP contribution in [0.5, 0.6) is 0 Å². The van der Waals surface area contributed by atoms with E-state index in [1.165, 1.54) is 15.9 Å². The van der Waals surface area contributed by atoms with Gasteiger partial charge in [0.25, 0.3) is 5.56 Å². The van der Waals surface area contributed by atoms with Crippen LogP contribution < -0.4 is 10.5 Å². The molecule has 0 spiro atoms. The predicted molar refractivity (Wildman–Crippen MR) is 102 cm³/mol. The van der Waals surface area contributed by atoms with E-state index in [1.54, 1.807) is 16.5 Å². The van der Waals surface area contributed by atoms with Crippen LogP contribution >= 0.6 is 11.3 Å². The topological polar surface area (TPSA) is 72.5 Å². The maximum Gasteiger partial charge on any atom is 0.299 e. The quantitative estimate of drug-likeness (QED) is 0.557. The Morgan fingerprint density at radius 2 is 1.96 bits per heavy atom. The number of para-hydroxylation sites is 1. The molecule has 1 aromatic carbocycles. The van der Waals surface area contributed by atoms with Crippen molar-refractivity contribution >= 4 is 38.9 Å². The van der Waals surface area contributed by atoms with Gasteiger partial charge in [-0.3, -0.25) is 9.59 Å². The third-order valence-corrected chi connectivity index (χ3v) is 5.19. The molecule has 0 atom stereocenters. The van der Waals surface area contributed by atoms with E-state index in [0.717, 1.165) is 16.4 Å². The lowest BCUT2D eigenvalue weighted by atomic mass is 10.3. The van der Waals surface area contributed by atoms with E-state index in [2.05, 4.69) is 10.1 Å². The van der Waals surface area contributed by atoms with Gasteiger partial charge in [-0.1, -0.05) is 29.5 Å². The molecule has 0 N–H and O–H groups in total. The van der Waals surface area contributed by atoms with Gasteiger partial charge in [0.05, 0.1) is 5.52 Å².